The molecule has 0 aromatic carbocycles. The molecule has 0 saturated heterocycles. The summed E-state index contributed by atoms with van der Waals surface area (Å²) < 4.78 is 34.5. The Bertz CT molecular complexity index is 700. The van der Waals surface area contributed by atoms with Crippen molar-refractivity contribution in [3.63, 3.8) is 0 Å². The third-order valence-electron chi connectivity index (χ3n) is 5.68. The molecule has 1 heterocycles. The predicted molar refractivity (Wildman–Crippen MR) is 115 cm³/mol. The molecule has 0 amide bonds. The van der Waals surface area contributed by atoms with Crippen LogP contribution in [0, 0.1) is 0 Å². The zero-order chi connectivity index (χ0) is 20.9. The largest absolute Gasteiger partial charge is 0.505 e. The van der Waals surface area contributed by atoms with Crippen molar-refractivity contribution in [2.45, 2.75) is 115 Å². The van der Waals surface area contributed by atoms with Crippen LogP contribution in [-0.2, 0) is 20.9 Å². The van der Waals surface area contributed by atoms with E-state index in [0.29, 0.717) is 9.75 Å². The van der Waals surface area contributed by atoms with E-state index in [4.69, 9.17) is 0 Å². The van der Waals surface area contributed by atoms with E-state index in [1.165, 1.54) is 11.3 Å². The smallest absolute Gasteiger partial charge is 0.299 e. The van der Waals surface area contributed by atoms with Crippen LogP contribution in [-0.4, -0.2) is 18.1 Å². The Labute approximate surface area is 170 Å². The molecule has 0 radical (unpaired) electrons. The van der Waals surface area contributed by atoms with Gasteiger partial charge in [-0.15, -0.1) is 11.3 Å². The molecular weight excluding hydrogens is 380 g/mol. The van der Waals surface area contributed by atoms with Crippen molar-refractivity contribution in [2.75, 3.05) is 0 Å². The highest BCUT2D eigenvalue weighted by Gasteiger charge is 2.41. The lowest BCUT2D eigenvalue weighted by molar-refractivity contribution is 0.363. The van der Waals surface area contributed by atoms with E-state index in [1.807, 2.05) is 0 Å². The molecule has 0 aliphatic heterocycles. The van der Waals surface area contributed by atoms with Crippen LogP contribution in [0.25, 0.3) is 0 Å². The van der Waals surface area contributed by atoms with Crippen LogP contribution in [0.5, 0.6) is 5.75 Å². The van der Waals surface area contributed by atoms with Gasteiger partial charge in [0.05, 0.1) is 4.88 Å². The molecule has 0 aliphatic carbocycles. The van der Waals surface area contributed by atoms with Gasteiger partial charge in [-0.05, 0) is 25.7 Å². The molecule has 0 fully saturated rings. The number of aromatic hydroxyl groups is 1. The fraction of sp³-hybridized carbons (Fsp3) is 0.810. The zero-order valence-corrected chi connectivity index (χ0v) is 19.5. The van der Waals surface area contributed by atoms with Crippen LogP contribution < -0.4 is 0 Å². The fourth-order valence-electron chi connectivity index (χ4n) is 4.38. The normalized spacial score (nSPS) is 15.1. The number of unbranched alkanes of at least 4 members (excludes halogenated alkanes) is 1. The number of thiophene rings is 1. The third-order valence-corrected chi connectivity index (χ3v) is 8.52. The van der Waals surface area contributed by atoms with E-state index >= 15 is 0 Å². The summed E-state index contributed by atoms with van der Waals surface area (Å²) >= 11 is 1.41. The van der Waals surface area contributed by atoms with Crippen molar-refractivity contribution in [3.05, 3.63) is 9.75 Å². The molecular formula is C21H38O4S2. The summed E-state index contributed by atoms with van der Waals surface area (Å²) in [5.74, 6) is -0.222. The molecule has 27 heavy (non-hydrogen) atoms. The van der Waals surface area contributed by atoms with Gasteiger partial charge in [0.2, 0.25) is 0 Å². The van der Waals surface area contributed by atoms with Gasteiger partial charge in [-0.25, -0.2) is 0 Å². The molecule has 0 bridgehead atoms. The van der Waals surface area contributed by atoms with Crippen LogP contribution in [0.1, 0.15) is 109 Å². The maximum absolute atomic E-state index is 12.3. The lowest BCUT2D eigenvalue weighted by Gasteiger charge is -2.30. The van der Waals surface area contributed by atoms with Crippen LogP contribution in [0.15, 0.2) is 4.90 Å². The molecule has 1 rings (SSSR count). The summed E-state index contributed by atoms with van der Waals surface area (Å²) in [6.45, 7) is 12.6. The molecule has 4 nitrogen and oxygen atoms in total. The predicted octanol–water partition coefficient (Wildman–Crippen LogP) is 6.81. The highest BCUT2D eigenvalue weighted by molar-refractivity contribution is 7.86. The van der Waals surface area contributed by atoms with Gasteiger partial charge < -0.3 is 5.11 Å². The number of hydrogen-bond donors (Lipinski definition) is 2. The minimum Gasteiger partial charge on any atom is -0.505 e. The quantitative estimate of drug-likeness (QED) is 0.366. The summed E-state index contributed by atoms with van der Waals surface area (Å²) in [5, 5.41) is 11.0. The van der Waals surface area contributed by atoms with Crippen LogP contribution in [0.3, 0.4) is 0 Å². The SMILES string of the molecule is CCCCC(C)(CCC)c1sc(C(C)(CCC)CCC)c(O)c1S(=O)(=O)O. The molecule has 0 spiro atoms. The molecule has 1 unspecified atom stereocenters. The Morgan fingerprint density at radius 3 is 1.63 bits per heavy atom. The lowest BCUT2D eigenvalue weighted by atomic mass is 9.78. The van der Waals surface area contributed by atoms with Gasteiger partial charge in [-0.1, -0.05) is 73.6 Å². The summed E-state index contributed by atoms with van der Waals surface area (Å²) in [4.78, 5) is 1.10. The van der Waals surface area contributed by atoms with E-state index in [1.54, 1.807) is 0 Å². The Morgan fingerprint density at radius 2 is 1.26 bits per heavy atom. The number of hydrogen-bond acceptors (Lipinski definition) is 4. The average molecular weight is 419 g/mol. The molecule has 0 aliphatic rings. The molecule has 0 saturated carbocycles. The second-order valence-corrected chi connectivity index (χ2v) is 10.8. The summed E-state index contributed by atoms with van der Waals surface area (Å²) in [6, 6.07) is 0. The molecule has 2 N–H and O–H groups in total. The van der Waals surface area contributed by atoms with Gasteiger partial charge in [-0.3, -0.25) is 4.55 Å². The first-order valence-corrected chi connectivity index (χ1v) is 12.6. The second-order valence-electron chi connectivity index (χ2n) is 8.39. The van der Waals surface area contributed by atoms with Crippen molar-refractivity contribution < 1.29 is 18.1 Å². The Morgan fingerprint density at radius 1 is 0.815 bits per heavy atom. The van der Waals surface area contributed by atoms with E-state index in [-0.39, 0.29) is 21.5 Å². The first kappa shape index (κ1) is 24.4. The van der Waals surface area contributed by atoms with E-state index < -0.39 is 10.1 Å². The first-order valence-electron chi connectivity index (χ1n) is 10.3. The lowest BCUT2D eigenvalue weighted by Crippen LogP contribution is -2.23. The summed E-state index contributed by atoms with van der Waals surface area (Å²) in [6.07, 6.45) is 8.24. The molecule has 158 valence electrons. The van der Waals surface area contributed by atoms with Crippen molar-refractivity contribution in [1.29, 1.82) is 0 Å². The van der Waals surface area contributed by atoms with Crippen molar-refractivity contribution in [3.8, 4) is 5.75 Å². The average Bonchev–Trinajstić information content (AvgIpc) is 2.92. The van der Waals surface area contributed by atoms with Crippen LogP contribution in [0.2, 0.25) is 0 Å². The fourth-order valence-corrected chi connectivity index (χ4v) is 7.21. The van der Waals surface area contributed by atoms with E-state index in [0.717, 1.165) is 57.8 Å². The number of rotatable bonds is 12. The topological polar surface area (TPSA) is 74.6 Å². The van der Waals surface area contributed by atoms with Gasteiger partial charge in [0.1, 0.15) is 0 Å². The van der Waals surface area contributed by atoms with Crippen LogP contribution >= 0.6 is 11.3 Å². The first-order chi connectivity index (χ1) is 12.5. The molecule has 1 atom stereocenters. The maximum atomic E-state index is 12.3. The monoisotopic (exact) mass is 418 g/mol. The maximum Gasteiger partial charge on any atom is 0.299 e. The van der Waals surface area contributed by atoms with Gasteiger partial charge in [0.25, 0.3) is 10.1 Å². The minimum absolute atomic E-state index is 0.222. The summed E-state index contributed by atoms with van der Waals surface area (Å²) in [7, 11) is -4.50. The standard InChI is InChI=1S/C21H38O4S2/c1-7-11-15-21(6,14-10-4)19-17(27(23,24)25)16(22)18(26-19)20(5,12-8-2)13-9-3/h22H,7-15H2,1-6H3,(H,23,24,25). The van der Waals surface area contributed by atoms with E-state index in [9.17, 15) is 18.1 Å². The van der Waals surface area contributed by atoms with Gasteiger partial charge in [0.15, 0.2) is 10.6 Å². The van der Waals surface area contributed by atoms with Crippen molar-refractivity contribution >= 4 is 21.5 Å². The van der Waals surface area contributed by atoms with Crippen LogP contribution in [0.4, 0.5) is 0 Å². The summed E-state index contributed by atoms with van der Waals surface area (Å²) in [5.41, 5.74) is -0.649. The van der Waals surface area contributed by atoms with Gasteiger partial charge >= 0.3 is 0 Å². The Hall–Kier alpha value is -0.590. The molecule has 6 heteroatoms. The zero-order valence-electron chi connectivity index (χ0n) is 17.9. The molecule has 1 aromatic heterocycles. The second kappa shape index (κ2) is 9.75. The highest BCUT2D eigenvalue weighted by Crippen LogP contribution is 2.53. The Balaban J connectivity index is 3.74. The highest BCUT2D eigenvalue weighted by atomic mass is 32.2. The minimum atomic E-state index is -4.50. The molecule has 1 aromatic rings. The third kappa shape index (κ3) is 5.48. The Kier molecular flexibility index (Phi) is 8.83. The van der Waals surface area contributed by atoms with Gasteiger partial charge in [0, 0.05) is 15.7 Å². The van der Waals surface area contributed by atoms with Gasteiger partial charge in [-0.2, -0.15) is 8.42 Å². The van der Waals surface area contributed by atoms with Crippen molar-refractivity contribution in [1.82, 2.24) is 0 Å². The van der Waals surface area contributed by atoms with E-state index in [2.05, 4.69) is 41.5 Å². The van der Waals surface area contributed by atoms with Crippen molar-refractivity contribution in [2.24, 2.45) is 0 Å².